The number of nitrogens with zero attached hydrogens (tertiary/aromatic N) is 1. The van der Waals surface area contributed by atoms with Crippen molar-refractivity contribution >= 4 is 9.84 Å². The molecule has 2 rings (SSSR count). The van der Waals surface area contributed by atoms with Crippen LogP contribution < -0.4 is 0 Å². The quantitative estimate of drug-likeness (QED) is 0.480. The van der Waals surface area contributed by atoms with Gasteiger partial charge in [0.2, 0.25) is 0 Å². The monoisotopic (exact) mass is 161 g/mol. The highest BCUT2D eigenvalue weighted by molar-refractivity contribution is 7.94. The predicted octanol–water partition coefficient (Wildman–Crippen LogP) is -0.511. The lowest BCUT2D eigenvalue weighted by atomic mass is 9.96. The molecule has 2 aliphatic rings. The molecule has 0 aromatic carbocycles. The van der Waals surface area contributed by atoms with Crippen LogP contribution in [0.1, 0.15) is 6.42 Å². The van der Waals surface area contributed by atoms with Crippen LogP contribution in [0.2, 0.25) is 0 Å². The summed E-state index contributed by atoms with van der Waals surface area (Å²) in [5, 5.41) is 0. The molecule has 2 aliphatic heterocycles. The minimum absolute atomic E-state index is 0.290. The Hall–Kier alpha value is -0.0900. The number of hydrogen-bond acceptors (Lipinski definition) is 3. The van der Waals surface area contributed by atoms with Gasteiger partial charge in [0.15, 0.2) is 9.84 Å². The van der Waals surface area contributed by atoms with E-state index in [-0.39, 0.29) is 4.75 Å². The van der Waals surface area contributed by atoms with Crippen LogP contribution in [-0.2, 0) is 9.84 Å². The van der Waals surface area contributed by atoms with E-state index >= 15 is 0 Å². The third-order valence-electron chi connectivity index (χ3n) is 2.60. The molecule has 0 atom stereocenters. The second-order valence-corrected chi connectivity index (χ2v) is 5.93. The first-order valence-corrected chi connectivity index (χ1v) is 5.12. The zero-order valence-corrected chi connectivity index (χ0v) is 6.82. The fourth-order valence-corrected chi connectivity index (χ4v) is 3.80. The molecule has 2 heterocycles. The SMILES string of the molecule is CN1CC2(CCS2(=O)=O)C1. The average Bonchev–Trinajstić information content (AvgIpc) is 1.78. The molecule has 0 N–H and O–H groups in total. The molecule has 0 radical (unpaired) electrons. The van der Waals surface area contributed by atoms with Crippen LogP contribution in [0.25, 0.3) is 0 Å². The molecule has 2 fully saturated rings. The molecule has 0 unspecified atom stereocenters. The van der Waals surface area contributed by atoms with Crippen LogP contribution in [-0.4, -0.2) is 44.0 Å². The average molecular weight is 161 g/mol. The van der Waals surface area contributed by atoms with Crippen LogP contribution in [0.3, 0.4) is 0 Å². The molecule has 58 valence electrons. The molecule has 0 aliphatic carbocycles. The van der Waals surface area contributed by atoms with Crippen molar-refractivity contribution < 1.29 is 8.42 Å². The van der Waals surface area contributed by atoms with Crippen LogP contribution in [0, 0.1) is 0 Å². The fourth-order valence-electron chi connectivity index (χ4n) is 1.85. The molecule has 0 bridgehead atoms. The van der Waals surface area contributed by atoms with Gasteiger partial charge < -0.3 is 4.90 Å². The van der Waals surface area contributed by atoms with Gasteiger partial charge in [-0.05, 0) is 13.5 Å². The molecule has 4 heteroatoms. The first-order chi connectivity index (χ1) is 4.56. The Bertz CT molecular complexity index is 251. The number of sulfone groups is 1. The summed E-state index contributed by atoms with van der Waals surface area (Å²) in [6, 6.07) is 0. The highest BCUT2D eigenvalue weighted by Crippen LogP contribution is 2.40. The van der Waals surface area contributed by atoms with Gasteiger partial charge in [0.1, 0.15) is 0 Å². The lowest BCUT2D eigenvalue weighted by Gasteiger charge is -2.53. The molecular weight excluding hydrogens is 150 g/mol. The highest BCUT2D eigenvalue weighted by atomic mass is 32.2. The molecular formula is C6H11NO2S. The molecule has 10 heavy (non-hydrogen) atoms. The summed E-state index contributed by atoms with van der Waals surface area (Å²) in [6.45, 7) is 1.52. The van der Waals surface area contributed by atoms with E-state index in [4.69, 9.17) is 0 Å². The summed E-state index contributed by atoms with van der Waals surface area (Å²) in [4.78, 5) is 2.05. The minimum atomic E-state index is -2.66. The van der Waals surface area contributed by atoms with Gasteiger partial charge in [0.25, 0.3) is 0 Å². The Kier molecular flexibility index (Phi) is 1.03. The van der Waals surface area contributed by atoms with Crippen molar-refractivity contribution in [3.8, 4) is 0 Å². The zero-order chi connectivity index (χ0) is 7.41. The van der Waals surface area contributed by atoms with Gasteiger partial charge in [-0.2, -0.15) is 0 Å². The molecule has 0 amide bonds. The second kappa shape index (κ2) is 1.56. The standard InChI is InChI=1S/C6H11NO2S/c1-7-4-6(5-7)2-3-10(6,8)9/h2-5H2,1H3. The van der Waals surface area contributed by atoms with E-state index in [0.717, 1.165) is 19.5 Å². The van der Waals surface area contributed by atoms with Gasteiger partial charge >= 0.3 is 0 Å². The van der Waals surface area contributed by atoms with E-state index in [1.54, 1.807) is 0 Å². The third-order valence-corrected chi connectivity index (χ3v) is 5.13. The van der Waals surface area contributed by atoms with E-state index in [0.29, 0.717) is 5.75 Å². The van der Waals surface area contributed by atoms with Crippen molar-refractivity contribution in [1.82, 2.24) is 4.90 Å². The minimum Gasteiger partial charge on any atom is -0.303 e. The van der Waals surface area contributed by atoms with E-state index < -0.39 is 9.84 Å². The maximum absolute atomic E-state index is 11.1. The third kappa shape index (κ3) is 0.563. The van der Waals surface area contributed by atoms with Crippen LogP contribution in [0.15, 0.2) is 0 Å². The molecule has 3 nitrogen and oxygen atoms in total. The van der Waals surface area contributed by atoms with Crippen LogP contribution in [0.4, 0.5) is 0 Å². The Morgan fingerprint density at radius 1 is 1.40 bits per heavy atom. The van der Waals surface area contributed by atoms with Gasteiger partial charge in [0, 0.05) is 13.1 Å². The van der Waals surface area contributed by atoms with E-state index in [9.17, 15) is 8.42 Å². The Balaban J connectivity index is 2.22. The van der Waals surface area contributed by atoms with Gasteiger partial charge in [-0.15, -0.1) is 0 Å². The fraction of sp³-hybridized carbons (Fsp3) is 1.00. The summed E-state index contributed by atoms with van der Waals surface area (Å²) < 4.78 is 22.0. The summed E-state index contributed by atoms with van der Waals surface area (Å²) >= 11 is 0. The lowest BCUT2D eigenvalue weighted by molar-refractivity contribution is 0.138. The summed E-state index contributed by atoms with van der Waals surface area (Å²) in [6.07, 6.45) is 0.889. The molecule has 1 spiro atoms. The van der Waals surface area contributed by atoms with E-state index in [2.05, 4.69) is 4.90 Å². The first-order valence-electron chi connectivity index (χ1n) is 3.47. The highest BCUT2D eigenvalue weighted by Gasteiger charge is 2.58. The van der Waals surface area contributed by atoms with Crippen molar-refractivity contribution in [3.05, 3.63) is 0 Å². The second-order valence-electron chi connectivity index (χ2n) is 3.42. The van der Waals surface area contributed by atoms with Crippen molar-refractivity contribution in [1.29, 1.82) is 0 Å². The Labute approximate surface area is 60.9 Å². The topological polar surface area (TPSA) is 37.4 Å². The van der Waals surface area contributed by atoms with Gasteiger partial charge in [0.05, 0.1) is 10.5 Å². The number of likely N-dealkylation sites (tertiary alicyclic amines) is 1. The molecule has 0 aromatic heterocycles. The van der Waals surface area contributed by atoms with Crippen LogP contribution in [0.5, 0.6) is 0 Å². The summed E-state index contributed by atoms with van der Waals surface area (Å²) in [5.74, 6) is 0.418. The van der Waals surface area contributed by atoms with Gasteiger partial charge in [-0.25, -0.2) is 8.42 Å². The lowest BCUT2D eigenvalue weighted by Crippen LogP contribution is -2.70. The molecule has 2 saturated heterocycles. The van der Waals surface area contributed by atoms with E-state index in [1.165, 1.54) is 0 Å². The molecule has 0 aromatic rings. The summed E-state index contributed by atoms with van der Waals surface area (Å²) in [7, 11) is -0.702. The predicted molar refractivity (Wildman–Crippen MR) is 38.6 cm³/mol. The maximum atomic E-state index is 11.1. The Morgan fingerprint density at radius 3 is 2.10 bits per heavy atom. The van der Waals surface area contributed by atoms with Crippen LogP contribution >= 0.6 is 0 Å². The van der Waals surface area contributed by atoms with E-state index in [1.807, 2.05) is 7.05 Å². The van der Waals surface area contributed by atoms with Gasteiger partial charge in [-0.3, -0.25) is 0 Å². The van der Waals surface area contributed by atoms with Crippen molar-refractivity contribution in [2.75, 3.05) is 25.9 Å². The normalized spacial score (nSPS) is 34.9. The van der Waals surface area contributed by atoms with Crippen molar-refractivity contribution in [2.24, 2.45) is 0 Å². The number of rotatable bonds is 0. The zero-order valence-electron chi connectivity index (χ0n) is 6.00. The largest absolute Gasteiger partial charge is 0.303 e. The Morgan fingerprint density at radius 2 is 2.00 bits per heavy atom. The number of hydrogen-bond donors (Lipinski definition) is 0. The maximum Gasteiger partial charge on any atom is 0.158 e. The summed E-state index contributed by atoms with van der Waals surface area (Å²) in [5.41, 5.74) is 0. The van der Waals surface area contributed by atoms with Gasteiger partial charge in [-0.1, -0.05) is 0 Å². The van der Waals surface area contributed by atoms with Crippen molar-refractivity contribution in [3.63, 3.8) is 0 Å². The molecule has 0 saturated carbocycles. The smallest absolute Gasteiger partial charge is 0.158 e. The van der Waals surface area contributed by atoms with Crippen molar-refractivity contribution in [2.45, 2.75) is 11.2 Å². The first kappa shape index (κ1) is 6.61.